The standard InChI is InChI=1S/C22H20FN4O6P/c23-19-8-2-1-5-15(19)13-31-21-9-3-6-16(25-21)11-17-12-20(33-26-17)18-7-4-10-27(22(18)24)14-32-34(28,29)30/h1-10,12,24H,11,13-14H2,(H2,28,29,30)/p+1. The molecule has 34 heavy (non-hydrogen) atoms. The average Bonchev–Trinajstić information content (AvgIpc) is 3.25. The van der Waals surface area contributed by atoms with Crippen molar-refractivity contribution in [2.75, 3.05) is 5.73 Å². The third-order valence-electron chi connectivity index (χ3n) is 4.78. The van der Waals surface area contributed by atoms with E-state index in [1.165, 1.54) is 16.8 Å². The van der Waals surface area contributed by atoms with E-state index in [9.17, 15) is 8.96 Å². The first kappa shape index (κ1) is 23.5. The van der Waals surface area contributed by atoms with E-state index in [4.69, 9.17) is 24.8 Å². The highest BCUT2D eigenvalue weighted by Crippen LogP contribution is 2.35. The van der Waals surface area contributed by atoms with Crippen LogP contribution in [0, 0.1) is 5.82 Å². The van der Waals surface area contributed by atoms with E-state index in [0.717, 1.165) is 0 Å². The molecule has 0 atom stereocenters. The minimum Gasteiger partial charge on any atom is -0.473 e. The summed E-state index contributed by atoms with van der Waals surface area (Å²) in [4.78, 5) is 22.2. The van der Waals surface area contributed by atoms with Crippen molar-refractivity contribution in [3.63, 3.8) is 0 Å². The molecule has 12 heteroatoms. The van der Waals surface area contributed by atoms with Crippen LogP contribution in [0.2, 0.25) is 0 Å². The van der Waals surface area contributed by atoms with Crippen LogP contribution in [0.25, 0.3) is 11.3 Å². The molecular weight excluding hydrogens is 466 g/mol. The molecule has 10 nitrogen and oxygen atoms in total. The second-order valence-electron chi connectivity index (χ2n) is 7.23. The van der Waals surface area contributed by atoms with Gasteiger partial charge in [0.15, 0.2) is 5.76 Å². The molecule has 3 heterocycles. The highest BCUT2D eigenvalue weighted by atomic mass is 31.2. The highest BCUT2D eigenvalue weighted by Gasteiger charge is 2.21. The topological polar surface area (TPSA) is 145 Å². The largest absolute Gasteiger partial charge is 0.473 e. The predicted molar refractivity (Wildman–Crippen MR) is 117 cm³/mol. The van der Waals surface area contributed by atoms with E-state index in [0.29, 0.717) is 40.6 Å². The van der Waals surface area contributed by atoms with Crippen LogP contribution in [0.1, 0.15) is 17.0 Å². The lowest BCUT2D eigenvalue weighted by molar-refractivity contribution is -0.711. The van der Waals surface area contributed by atoms with Gasteiger partial charge in [0.2, 0.25) is 12.6 Å². The molecule has 0 aliphatic carbocycles. The summed E-state index contributed by atoms with van der Waals surface area (Å²) in [5.41, 5.74) is 8.26. The molecule has 4 N–H and O–H groups in total. The summed E-state index contributed by atoms with van der Waals surface area (Å²) in [6, 6.07) is 16.6. The van der Waals surface area contributed by atoms with Crippen LogP contribution in [0.15, 0.2) is 71.4 Å². The van der Waals surface area contributed by atoms with Gasteiger partial charge in [-0.1, -0.05) is 29.4 Å². The molecule has 176 valence electrons. The molecule has 4 aromatic rings. The third kappa shape index (κ3) is 6.03. The quantitative estimate of drug-likeness (QED) is 0.240. The number of halogens is 1. The maximum Gasteiger partial charge on any atom is 0.472 e. The first-order valence-electron chi connectivity index (χ1n) is 10.0. The minimum atomic E-state index is -4.65. The van der Waals surface area contributed by atoms with Crippen molar-refractivity contribution in [2.45, 2.75) is 19.8 Å². The van der Waals surface area contributed by atoms with Crippen molar-refractivity contribution in [1.29, 1.82) is 0 Å². The fourth-order valence-corrected chi connectivity index (χ4v) is 3.41. The zero-order valence-corrected chi connectivity index (χ0v) is 18.6. The first-order chi connectivity index (χ1) is 16.3. The SMILES string of the molecule is Nc1c(-c2cc(Cc3cccc(OCc4ccccc4F)n3)no2)ccc[n+]1COP(=O)(O)O. The van der Waals surface area contributed by atoms with Crippen molar-refractivity contribution in [3.8, 4) is 17.2 Å². The second-order valence-corrected chi connectivity index (χ2v) is 8.47. The maximum atomic E-state index is 13.8. The number of nitrogens with zero attached hydrogens (tertiary/aromatic N) is 3. The molecule has 3 aromatic heterocycles. The van der Waals surface area contributed by atoms with Gasteiger partial charge in [-0.25, -0.2) is 23.0 Å². The molecule has 0 bridgehead atoms. The Kier molecular flexibility index (Phi) is 6.99. The number of hydrogen-bond donors (Lipinski definition) is 3. The highest BCUT2D eigenvalue weighted by molar-refractivity contribution is 7.46. The summed E-state index contributed by atoms with van der Waals surface area (Å²) in [6.07, 6.45) is 1.86. The number of nitrogen functional groups attached to an aromatic ring is 1. The van der Waals surface area contributed by atoms with E-state index in [1.54, 1.807) is 54.6 Å². The van der Waals surface area contributed by atoms with Crippen LogP contribution in [0.5, 0.6) is 5.88 Å². The molecule has 4 rings (SSSR count). The monoisotopic (exact) mass is 487 g/mol. The normalized spacial score (nSPS) is 11.5. The van der Waals surface area contributed by atoms with Gasteiger partial charge in [0.05, 0.1) is 17.6 Å². The molecule has 0 spiro atoms. The first-order valence-corrected chi connectivity index (χ1v) is 11.6. The minimum absolute atomic E-state index is 0.0518. The van der Waals surface area contributed by atoms with Crippen LogP contribution in [-0.2, 0) is 28.8 Å². The third-order valence-corrected chi connectivity index (χ3v) is 5.23. The number of rotatable bonds is 9. The lowest BCUT2D eigenvalue weighted by Gasteiger charge is -2.07. The lowest BCUT2D eigenvalue weighted by Crippen LogP contribution is -2.38. The zero-order chi connectivity index (χ0) is 24.1. The van der Waals surface area contributed by atoms with Crippen LogP contribution in [-0.4, -0.2) is 19.9 Å². The Morgan fingerprint density at radius 2 is 1.91 bits per heavy atom. The molecule has 0 unspecified atom stereocenters. The molecule has 0 saturated heterocycles. The number of benzene rings is 1. The van der Waals surface area contributed by atoms with Crippen LogP contribution in [0.3, 0.4) is 0 Å². The van der Waals surface area contributed by atoms with Crippen molar-refractivity contribution < 1.29 is 37.1 Å². The number of hydrogen-bond acceptors (Lipinski definition) is 7. The van der Waals surface area contributed by atoms with Gasteiger partial charge in [-0.2, -0.15) is 0 Å². The fraction of sp³-hybridized carbons (Fsp3) is 0.136. The predicted octanol–water partition coefficient (Wildman–Crippen LogP) is 2.98. The molecule has 0 radical (unpaired) electrons. The number of aromatic nitrogens is 3. The van der Waals surface area contributed by atoms with E-state index < -0.39 is 14.6 Å². The summed E-state index contributed by atoms with van der Waals surface area (Å²) >= 11 is 0. The van der Waals surface area contributed by atoms with E-state index in [2.05, 4.69) is 14.7 Å². The van der Waals surface area contributed by atoms with Gasteiger partial charge in [0, 0.05) is 24.1 Å². The Morgan fingerprint density at radius 3 is 2.71 bits per heavy atom. The fourth-order valence-electron chi connectivity index (χ4n) is 3.13. The smallest absolute Gasteiger partial charge is 0.472 e. The Hall–Kier alpha value is -3.63. The Balaban J connectivity index is 1.45. The number of anilines is 1. The number of phosphoric acid groups is 1. The van der Waals surface area contributed by atoms with E-state index >= 15 is 0 Å². The van der Waals surface area contributed by atoms with E-state index in [1.807, 2.05) is 0 Å². The molecule has 1 aromatic carbocycles. The number of phosphoric ester groups is 1. The van der Waals surface area contributed by atoms with Crippen molar-refractivity contribution in [2.24, 2.45) is 0 Å². The van der Waals surface area contributed by atoms with Gasteiger partial charge in [0.25, 0.3) is 5.82 Å². The van der Waals surface area contributed by atoms with Crippen molar-refractivity contribution in [3.05, 3.63) is 89.6 Å². The van der Waals surface area contributed by atoms with E-state index in [-0.39, 0.29) is 18.2 Å². The van der Waals surface area contributed by atoms with Crippen LogP contribution >= 0.6 is 7.82 Å². The number of nitrogens with two attached hydrogens (primary N) is 1. The summed E-state index contributed by atoms with van der Waals surface area (Å²) in [6.45, 7) is -0.384. The average molecular weight is 487 g/mol. The van der Waals surface area contributed by atoms with Gasteiger partial charge >= 0.3 is 7.82 Å². The van der Waals surface area contributed by atoms with Gasteiger partial charge in [-0.15, -0.1) is 0 Å². The summed E-state index contributed by atoms with van der Waals surface area (Å²) < 4.78 is 41.6. The molecular formula is C22H21FN4O6P+. The second kappa shape index (κ2) is 10.1. The molecule has 0 saturated carbocycles. The Labute approximate surface area is 193 Å². The van der Waals surface area contributed by atoms with Gasteiger partial charge in [-0.05, 0) is 24.3 Å². The summed E-state index contributed by atoms with van der Waals surface area (Å²) in [5, 5.41) is 4.05. The van der Waals surface area contributed by atoms with Gasteiger partial charge < -0.3 is 19.0 Å². The molecule has 0 aliphatic heterocycles. The van der Waals surface area contributed by atoms with Crippen molar-refractivity contribution >= 4 is 13.6 Å². The summed E-state index contributed by atoms with van der Waals surface area (Å²) in [7, 11) is -4.65. The molecule has 0 amide bonds. The Bertz CT molecular complexity index is 1340. The molecule has 0 fully saturated rings. The maximum absolute atomic E-state index is 13.8. The zero-order valence-electron chi connectivity index (χ0n) is 17.7. The number of pyridine rings is 2. The van der Waals surface area contributed by atoms with Crippen LogP contribution in [0.4, 0.5) is 10.2 Å². The van der Waals surface area contributed by atoms with Crippen LogP contribution < -0.4 is 15.0 Å². The van der Waals surface area contributed by atoms with Gasteiger partial charge in [-0.3, -0.25) is 5.73 Å². The summed E-state index contributed by atoms with van der Waals surface area (Å²) in [5.74, 6) is 0.553. The van der Waals surface area contributed by atoms with Crippen molar-refractivity contribution in [1.82, 2.24) is 10.1 Å². The Morgan fingerprint density at radius 1 is 1.09 bits per heavy atom. The number of ether oxygens (including phenoxy) is 1. The lowest BCUT2D eigenvalue weighted by atomic mass is 10.1. The van der Waals surface area contributed by atoms with Gasteiger partial charge in [0.1, 0.15) is 18.0 Å². The molecule has 0 aliphatic rings.